The molecule has 0 unspecified atom stereocenters. The van der Waals surface area contributed by atoms with Crippen molar-refractivity contribution in [2.24, 2.45) is 0 Å². The Morgan fingerprint density at radius 2 is 0.969 bits per heavy atom. The molecule has 0 aliphatic carbocycles. The lowest BCUT2D eigenvalue weighted by Crippen LogP contribution is -2.92. The molecule has 26 nitrogen and oxygen atoms in total. The van der Waals surface area contributed by atoms with Gasteiger partial charge in [-0.3, -0.25) is 28.8 Å². The number of quaternary nitrogens is 2. The first-order chi connectivity index (χ1) is 30.4. The number of nitrogens with two attached hydrogens (primary N) is 1. The molecule has 360 valence electrons. The summed E-state index contributed by atoms with van der Waals surface area (Å²) in [5, 5.41) is 81.8. The number of hydrogen-bond acceptors (Lipinski definition) is 18. The lowest BCUT2D eigenvalue weighted by molar-refractivity contribution is -0.680. The maximum absolute atomic E-state index is 14.0. The smallest absolute Gasteiger partial charge is 0.279 e. The van der Waals surface area contributed by atoms with Gasteiger partial charge < -0.3 is 102 Å². The normalized spacial score (nSPS) is 14.5. The summed E-state index contributed by atoms with van der Waals surface area (Å²) < 4.78 is 0. The highest BCUT2D eigenvalue weighted by Gasteiger charge is 2.33. The summed E-state index contributed by atoms with van der Waals surface area (Å²) in [6.07, 6.45) is -5.06. The predicted octanol–water partition coefficient (Wildman–Crippen LogP) is -13.3. The molecule has 11 N–H and O–H groups in total. The van der Waals surface area contributed by atoms with E-state index in [4.69, 9.17) is 0 Å². The van der Waals surface area contributed by atoms with Gasteiger partial charge in [0.25, 0.3) is 5.91 Å². The Hall–Kier alpha value is -7.22. The quantitative estimate of drug-likeness (QED) is 0.0311. The SMILES string of the molecule is C[C@H](NC(=O)[C@H](CCCC[NH2+][C@H](C)C(=O)[O-])NC(=O)[C@H](Cc1ccccc1)NC(=O)[C@H](CCC(=O)[O-])NC(=O)[C@@H]([NH3+])CC(=O)[O-])C(=O)N[C@@H](CC(=O)[O-])C(=O)N[C@@H](CCC(=O)[O-])C(=O)[O-]. The third kappa shape index (κ3) is 22.6. The van der Waals surface area contributed by atoms with E-state index in [9.17, 15) is 88.2 Å². The number of carbonyl (C=O) groups excluding carboxylic acids is 12. The standard InChI is InChI=1S/C39H56N8O18/c1-19(32(56)46-27(18-31(54)55)37(61)45-25(39(64)65)12-14-29(50)51)42-34(58)23(10-6-7-15-41-20(2)38(62)63)44-36(60)26(16-21-8-4-3-5-9-21)47-35(59)24(11-13-28(48)49)43-33(57)22(40)17-30(52)53/h3-5,8-9,19-20,22-27,41H,6-7,10-18,40H2,1-2H3,(H,42,58)(H,43,57)(H,44,60)(H,45,61)(H,46,56)(H,47,59)(H,48,49)(H,50,51)(H,52,53)(H,54,55)(H,62,63)(H,64,65)/p-4/t19-,20+,22-,23-,24-,25-,26-,27-/m0/s1. The summed E-state index contributed by atoms with van der Waals surface area (Å²) in [6.45, 7) is 2.68. The van der Waals surface area contributed by atoms with Crippen molar-refractivity contribution in [2.45, 2.75) is 126 Å². The summed E-state index contributed by atoms with van der Waals surface area (Å²) in [4.78, 5) is 147. The van der Waals surface area contributed by atoms with Crippen molar-refractivity contribution in [3.63, 3.8) is 0 Å². The van der Waals surface area contributed by atoms with Crippen LogP contribution in [0.15, 0.2) is 30.3 Å². The average molecular weight is 921 g/mol. The molecule has 0 aliphatic rings. The first kappa shape index (κ1) is 55.8. The maximum atomic E-state index is 14.0. The second-order valence-electron chi connectivity index (χ2n) is 14.8. The number of benzene rings is 1. The van der Waals surface area contributed by atoms with Crippen LogP contribution >= 0.6 is 0 Å². The van der Waals surface area contributed by atoms with Gasteiger partial charge in [0.1, 0.15) is 36.3 Å². The molecule has 8 atom stereocenters. The van der Waals surface area contributed by atoms with Crippen LogP contribution in [0.25, 0.3) is 0 Å². The van der Waals surface area contributed by atoms with E-state index in [1.165, 1.54) is 12.2 Å². The van der Waals surface area contributed by atoms with Crippen LogP contribution in [0.3, 0.4) is 0 Å². The predicted molar refractivity (Wildman–Crippen MR) is 202 cm³/mol. The van der Waals surface area contributed by atoms with Crippen molar-refractivity contribution in [1.29, 1.82) is 0 Å². The molecule has 65 heavy (non-hydrogen) atoms. The number of carbonyl (C=O) groups is 12. The van der Waals surface area contributed by atoms with Crippen LogP contribution < -0.4 is 73.6 Å². The lowest BCUT2D eigenvalue weighted by Gasteiger charge is -2.27. The Kier molecular flexibility index (Phi) is 24.4. The van der Waals surface area contributed by atoms with Crippen LogP contribution in [0.2, 0.25) is 0 Å². The van der Waals surface area contributed by atoms with Gasteiger partial charge in [0.05, 0.1) is 24.5 Å². The molecule has 0 saturated carbocycles. The van der Waals surface area contributed by atoms with Gasteiger partial charge >= 0.3 is 0 Å². The van der Waals surface area contributed by atoms with Gasteiger partial charge in [0.2, 0.25) is 29.5 Å². The number of aliphatic carboxylic acids is 6. The lowest BCUT2D eigenvalue weighted by atomic mass is 10.0. The van der Waals surface area contributed by atoms with E-state index in [0.29, 0.717) is 5.56 Å². The zero-order valence-corrected chi connectivity index (χ0v) is 35.4. The van der Waals surface area contributed by atoms with Crippen LogP contribution in [0, 0.1) is 0 Å². The fourth-order valence-corrected chi connectivity index (χ4v) is 5.78. The van der Waals surface area contributed by atoms with E-state index in [2.05, 4.69) is 27.0 Å². The molecule has 0 aliphatic heterocycles. The third-order valence-corrected chi connectivity index (χ3v) is 9.44. The molecular weight excluding hydrogens is 868 g/mol. The van der Waals surface area contributed by atoms with Crippen molar-refractivity contribution >= 4 is 71.3 Å². The summed E-state index contributed by atoms with van der Waals surface area (Å²) in [6, 6.07) is -4.79. The molecule has 0 bridgehead atoms. The maximum Gasteiger partial charge on any atom is 0.279 e. The third-order valence-electron chi connectivity index (χ3n) is 9.44. The van der Waals surface area contributed by atoms with Gasteiger partial charge in [-0.15, -0.1) is 0 Å². The van der Waals surface area contributed by atoms with Crippen molar-refractivity contribution in [2.75, 3.05) is 6.54 Å². The van der Waals surface area contributed by atoms with E-state index in [-0.39, 0.29) is 32.2 Å². The first-order valence-electron chi connectivity index (χ1n) is 20.1. The fourth-order valence-electron chi connectivity index (χ4n) is 5.78. The molecule has 1 rings (SSSR count). The number of unbranched alkanes of at least 4 members (excludes halogenated alkanes) is 1. The number of hydrogen-bond donors (Lipinski definition) is 8. The van der Waals surface area contributed by atoms with Gasteiger partial charge in [-0.1, -0.05) is 30.3 Å². The second-order valence-corrected chi connectivity index (χ2v) is 14.8. The highest BCUT2D eigenvalue weighted by molar-refractivity contribution is 5.97. The molecule has 1 aromatic rings. The van der Waals surface area contributed by atoms with E-state index in [0.717, 1.165) is 6.92 Å². The van der Waals surface area contributed by atoms with Crippen molar-refractivity contribution in [3.8, 4) is 0 Å². The molecule has 0 aromatic heterocycles. The molecular formula is C39H52N8O18-4. The van der Waals surface area contributed by atoms with Crippen LogP contribution in [0.5, 0.6) is 0 Å². The van der Waals surface area contributed by atoms with E-state index >= 15 is 0 Å². The van der Waals surface area contributed by atoms with Gasteiger partial charge in [-0.2, -0.15) is 0 Å². The molecule has 0 saturated heterocycles. The van der Waals surface area contributed by atoms with Crippen molar-refractivity contribution in [1.82, 2.24) is 31.9 Å². The zero-order chi connectivity index (χ0) is 49.4. The Balaban J connectivity index is 3.45. The van der Waals surface area contributed by atoms with Crippen LogP contribution in [-0.4, -0.2) is 126 Å². The zero-order valence-electron chi connectivity index (χ0n) is 35.4. The van der Waals surface area contributed by atoms with Crippen LogP contribution in [0.1, 0.15) is 77.2 Å². The molecule has 1 aromatic carbocycles. The van der Waals surface area contributed by atoms with Crippen molar-refractivity contribution in [3.05, 3.63) is 35.9 Å². The average Bonchev–Trinajstić information content (AvgIpc) is 3.21. The van der Waals surface area contributed by atoms with Gasteiger partial charge in [0, 0.05) is 43.1 Å². The van der Waals surface area contributed by atoms with Gasteiger partial charge in [-0.05, 0) is 64.4 Å². The number of carboxylic acids is 6. The molecule has 0 heterocycles. The molecule has 26 heteroatoms. The molecule has 0 fully saturated rings. The number of nitrogens with one attached hydrogen (secondary N) is 6. The number of carboxylic acid groups (broad SMARTS) is 6. The molecule has 6 amide bonds. The fraction of sp³-hybridized carbons (Fsp3) is 0.538. The van der Waals surface area contributed by atoms with E-state index in [1.54, 1.807) is 30.3 Å². The van der Waals surface area contributed by atoms with E-state index in [1.807, 2.05) is 10.6 Å². The van der Waals surface area contributed by atoms with Gasteiger partial charge in [-0.25, -0.2) is 0 Å². The summed E-state index contributed by atoms with van der Waals surface area (Å²) >= 11 is 0. The van der Waals surface area contributed by atoms with Gasteiger partial charge in [0.15, 0.2) is 6.04 Å². The topological polar surface area (TPSA) is 460 Å². The summed E-state index contributed by atoms with van der Waals surface area (Å²) in [5.41, 5.74) is 3.85. The summed E-state index contributed by atoms with van der Waals surface area (Å²) in [5.74, 6) is -17.0. The monoisotopic (exact) mass is 920 g/mol. The second kappa shape index (κ2) is 28.5. The molecule has 0 spiro atoms. The summed E-state index contributed by atoms with van der Waals surface area (Å²) in [7, 11) is 0. The Morgan fingerprint density at radius 3 is 1.51 bits per heavy atom. The van der Waals surface area contributed by atoms with E-state index < -0.39 is 158 Å². The Bertz CT molecular complexity index is 1880. The Labute approximate surface area is 370 Å². The largest absolute Gasteiger partial charge is 0.550 e. The highest BCUT2D eigenvalue weighted by Crippen LogP contribution is 2.09. The minimum absolute atomic E-state index is 0.131. The Morgan fingerprint density at radius 1 is 0.508 bits per heavy atom. The molecule has 0 radical (unpaired) electrons. The van der Waals surface area contributed by atoms with Crippen LogP contribution in [-0.2, 0) is 64.0 Å². The van der Waals surface area contributed by atoms with Crippen LogP contribution in [0.4, 0.5) is 0 Å². The number of amides is 6. The minimum Gasteiger partial charge on any atom is -0.550 e. The number of rotatable bonds is 32. The minimum atomic E-state index is -2.02. The highest BCUT2D eigenvalue weighted by atomic mass is 16.4. The first-order valence-corrected chi connectivity index (χ1v) is 20.1. The van der Waals surface area contributed by atoms with Crippen molar-refractivity contribution < 1.29 is 99.2 Å².